The molecule has 5 heterocycles. The zero-order valence-corrected chi connectivity index (χ0v) is 39.4. The summed E-state index contributed by atoms with van der Waals surface area (Å²) in [6.45, 7) is 0. The molecule has 0 fully saturated rings. The van der Waals surface area contributed by atoms with Crippen molar-refractivity contribution < 1.29 is 4.42 Å². The van der Waals surface area contributed by atoms with Gasteiger partial charge in [-0.2, -0.15) is 9.97 Å². The average Bonchev–Trinajstić information content (AvgIpc) is 4.12. The van der Waals surface area contributed by atoms with E-state index in [9.17, 15) is 0 Å². The molecular weight excluding hydrogens is 891 g/mol. The Morgan fingerprint density at radius 3 is 1.76 bits per heavy atom. The van der Waals surface area contributed by atoms with Crippen LogP contribution in [0.3, 0.4) is 0 Å². The van der Waals surface area contributed by atoms with Crippen molar-refractivity contribution in [3.8, 4) is 39.9 Å². The Hall–Kier alpha value is -8.82. The smallest absolute Gasteiger partial charge is 0.238 e. The fourth-order valence-corrected chi connectivity index (χ4v) is 16.9. The number of rotatable bonds is 8. The van der Waals surface area contributed by atoms with Crippen LogP contribution in [0.4, 0.5) is 0 Å². The van der Waals surface area contributed by atoms with Crippen molar-refractivity contribution in [3.63, 3.8) is 0 Å². The lowest BCUT2D eigenvalue weighted by Crippen LogP contribution is -2.74. The maximum atomic E-state index is 6.42. The molecule has 8 heteroatoms. The lowest BCUT2D eigenvalue weighted by Gasteiger charge is -2.34. The van der Waals surface area contributed by atoms with Gasteiger partial charge in [0.15, 0.2) is 19.7 Å². The van der Waals surface area contributed by atoms with Crippen LogP contribution in [0.15, 0.2) is 241 Å². The highest BCUT2D eigenvalue weighted by Crippen LogP contribution is 2.45. The summed E-state index contributed by atoms with van der Waals surface area (Å²) in [6, 6.07) is 80.6. The predicted molar refractivity (Wildman–Crippen MR) is 292 cm³/mol. The highest BCUT2D eigenvalue weighted by atomic mass is 32.1. The maximum absolute atomic E-state index is 6.42. The molecule has 14 aromatic rings. The highest BCUT2D eigenvalue weighted by molar-refractivity contribution is 7.26. The van der Waals surface area contributed by atoms with Gasteiger partial charge in [0.2, 0.25) is 5.95 Å². The van der Waals surface area contributed by atoms with Gasteiger partial charge in [-0.05, 0) is 68.3 Å². The fourth-order valence-electron chi connectivity index (χ4n) is 11.0. The Labute approximate surface area is 407 Å². The van der Waals surface area contributed by atoms with Gasteiger partial charge in [0.25, 0.3) is 0 Å². The molecule has 0 spiro atoms. The third kappa shape index (κ3) is 6.17. The van der Waals surface area contributed by atoms with Crippen molar-refractivity contribution in [2.24, 2.45) is 0 Å². The van der Waals surface area contributed by atoms with E-state index in [2.05, 4.69) is 216 Å². The van der Waals surface area contributed by atoms with Gasteiger partial charge in [0, 0.05) is 65.2 Å². The second-order valence-electron chi connectivity index (χ2n) is 17.7. The largest absolute Gasteiger partial charge is 0.456 e. The molecule has 0 N–H and O–H groups in total. The summed E-state index contributed by atoms with van der Waals surface area (Å²) in [4.78, 5) is 21.0. The van der Waals surface area contributed by atoms with Gasteiger partial charge in [0.1, 0.15) is 11.2 Å². The molecule has 0 atom stereocenters. The fraction of sp³-hybridized carbons (Fsp3) is 0. The van der Waals surface area contributed by atoms with E-state index in [1.54, 1.807) is 6.20 Å². The van der Waals surface area contributed by atoms with E-state index >= 15 is 0 Å². The number of thiophene rings is 1. The summed E-state index contributed by atoms with van der Waals surface area (Å²) in [5, 5.41) is 11.7. The van der Waals surface area contributed by atoms with Gasteiger partial charge in [-0.25, -0.2) is 4.98 Å². The minimum absolute atomic E-state index is 0.522. The molecule has 0 unspecified atom stereocenters. The number of benzene rings is 9. The zero-order chi connectivity index (χ0) is 46.2. The van der Waals surface area contributed by atoms with Gasteiger partial charge in [-0.1, -0.05) is 188 Å². The minimum atomic E-state index is -2.90. The molecule has 0 bridgehead atoms. The van der Waals surface area contributed by atoms with Crippen molar-refractivity contribution in [2.45, 2.75) is 0 Å². The molecule has 0 saturated carbocycles. The number of hydrogen-bond acceptors (Lipinski definition) is 6. The normalized spacial score (nSPS) is 12.0. The Bertz CT molecular complexity index is 4220. The van der Waals surface area contributed by atoms with Gasteiger partial charge < -0.3 is 4.42 Å². The van der Waals surface area contributed by atoms with Gasteiger partial charge in [-0.3, -0.25) is 9.55 Å². The number of para-hydroxylation sites is 1. The average molecular weight is 930 g/mol. The summed E-state index contributed by atoms with van der Waals surface area (Å²) in [6.07, 6.45) is 3.63. The first-order valence-corrected chi connectivity index (χ1v) is 26.3. The molecule has 0 radical (unpaired) electrons. The molecular formula is C62H39N5OSSi. The predicted octanol–water partition coefficient (Wildman–Crippen LogP) is 13.0. The van der Waals surface area contributed by atoms with Crippen LogP contribution in [0.25, 0.3) is 104 Å². The molecule has 9 aromatic carbocycles. The van der Waals surface area contributed by atoms with E-state index < -0.39 is 8.07 Å². The summed E-state index contributed by atoms with van der Waals surface area (Å²) in [5.74, 6) is 1.63. The molecule has 328 valence electrons. The number of hydrogen-bond donors (Lipinski definition) is 0. The summed E-state index contributed by atoms with van der Waals surface area (Å²) >= 11 is 1.84. The molecule has 70 heavy (non-hydrogen) atoms. The molecule has 5 aromatic heterocycles. The Morgan fingerprint density at radius 1 is 0.400 bits per heavy atom. The molecule has 6 nitrogen and oxygen atoms in total. The van der Waals surface area contributed by atoms with E-state index in [-0.39, 0.29) is 0 Å². The highest BCUT2D eigenvalue weighted by Gasteiger charge is 2.41. The van der Waals surface area contributed by atoms with E-state index in [0.29, 0.717) is 17.6 Å². The SMILES string of the molecule is c1ccc([Si](c2ccccc2)(c2ccccc2)c2cccc(-c3nc(-c4cccc5oc6ccncc6c45)nc(-n4c5ccccc5c5c(-c6cccc7sc8ccccc8c67)cccc54)n3)c2)cc1. The molecule has 0 aliphatic rings. The lowest BCUT2D eigenvalue weighted by atomic mass is 9.95. The first-order chi connectivity index (χ1) is 34.7. The monoisotopic (exact) mass is 929 g/mol. The zero-order valence-electron chi connectivity index (χ0n) is 37.6. The third-order valence-corrected chi connectivity index (χ3v) is 19.8. The summed E-state index contributed by atoms with van der Waals surface area (Å²) in [5.41, 5.74) is 7.60. The van der Waals surface area contributed by atoms with Crippen molar-refractivity contribution in [1.29, 1.82) is 0 Å². The van der Waals surface area contributed by atoms with Crippen LogP contribution >= 0.6 is 11.3 Å². The molecule has 0 aliphatic carbocycles. The number of aromatic nitrogens is 5. The quantitative estimate of drug-likeness (QED) is 0.112. The summed E-state index contributed by atoms with van der Waals surface area (Å²) in [7, 11) is -2.90. The van der Waals surface area contributed by atoms with Crippen LogP contribution in [-0.2, 0) is 0 Å². The molecule has 0 aliphatic heterocycles. The number of nitrogens with zero attached hydrogens (tertiary/aromatic N) is 5. The minimum Gasteiger partial charge on any atom is -0.456 e. The summed E-state index contributed by atoms with van der Waals surface area (Å²) < 4.78 is 11.2. The van der Waals surface area contributed by atoms with Gasteiger partial charge in [0.05, 0.1) is 11.0 Å². The third-order valence-electron chi connectivity index (χ3n) is 13.9. The number of furan rings is 1. The standard InChI is InChI=1S/C62H39N5OSSi/c1-4-19-41(20-5-1)70(42-21-6-2-7-22-42,43-23-8-3-9-24-43)44-25-14-18-40(38-44)60-64-61(49-30-16-33-54-58(49)50-39-63-37-36-53(50)68-54)66-62(65-60)67-51-31-12-10-26-47(51)57-45(28-15-32-52(57)67)46-29-17-35-56-59(46)48-27-11-13-34-55(48)69-56/h1-39H. The van der Waals surface area contributed by atoms with Gasteiger partial charge >= 0.3 is 0 Å². The van der Waals surface area contributed by atoms with Crippen LogP contribution < -0.4 is 20.7 Å². The van der Waals surface area contributed by atoms with Crippen LogP contribution in [0.1, 0.15) is 0 Å². The lowest BCUT2D eigenvalue weighted by molar-refractivity contribution is 0.668. The Kier molecular flexibility index (Phi) is 9.30. The van der Waals surface area contributed by atoms with E-state index in [1.807, 2.05) is 35.7 Å². The number of pyridine rings is 1. The molecule has 0 saturated heterocycles. The molecule has 14 rings (SSSR count). The molecule has 0 amide bonds. The van der Waals surface area contributed by atoms with Crippen molar-refractivity contribution >= 4 is 104 Å². The second-order valence-corrected chi connectivity index (χ2v) is 22.6. The van der Waals surface area contributed by atoms with Crippen molar-refractivity contribution in [2.75, 3.05) is 0 Å². The van der Waals surface area contributed by atoms with Gasteiger partial charge in [-0.15, -0.1) is 11.3 Å². The van der Waals surface area contributed by atoms with Crippen LogP contribution in [0.2, 0.25) is 0 Å². The first-order valence-electron chi connectivity index (χ1n) is 23.4. The van der Waals surface area contributed by atoms with E-state index in [0.717, 1.165) is 60.4 Å². The van der Waals surface area contributed by atoms with Crippen LogP contribution in [0, 0.1) is 0 Å². The van der Waals surface area contributed by atoms with Crippen molar-refractivity contribution in [1.82, 2.24) is 24.5 Å². The maximum Gasteiger partial charge on any atom is 0.238 e. The van der Waals surface area contributed by atoms with E-state index in [4.69, 9.17) is 19.4 Å². The topological polar surface area (TPSA) is 69.6 Å². The van der Waals surface area contributed by atoms with Crippen LogP contribution in [-0.4, -0.2) is 32.6 Å². The number of fused-ring (bicyclic) bond motifs is 9. The Morgan fingerprint density at radius 2 is 0.986 bits per heavy atom. The first kappa shape index (κ1) is 40.3. The van der Waals surface area contributed by atoms with Crippen molar-refractivity contribution in [3.05, 3.63) is 237 Å². The van der Waals surface area contributed by atoms with E-state index in [1.165, 1.54) is 46.5 Å². The second kappa shape index (κ2) is 16.2. The Balaban J connectivity index is 1.06. The van der Waals surface area contributed by atoms with Crippen LogP contribution in [0.5, 0.6) is 0 Å².